The predicted molar refractivity (Wildman–Crippen MR) is 112 cm³/mol. The maximum atomic E-state index is 12.2. The molecule has 5 nitrogen and oxygen atoms in total. The fourth-order valence-electron chi connectivity index (χ4n) is 2.49. The van der Waals surface area contributed by atoms with Crippen molar-refractivity contribution < 1.29 is 9.59 Å². The van der Waals surface area contributed by atoms with Crippen LogP contribution in [0.2, 0.25) is 0 Å². The third-order valence-electron chi connectivity index (χ3n) is 3.67. The van der Waals surface area contributed by atoms with Gasteiger partial charge in [0.15, 0.2) is 0 Å². The topological polar surface area (TPSA) is 71.1 Å². The maximum absolute atomic E-state index is 12.2. The zero-order valence-electron chi connectivity index (χ0n) is 15.2. The van der Waals surface area contributed by atoms with Crippen molar-refractivity contribution in [1.29, 1.82) is 0 Å². The van der Waals surface area contributed by atoms with Crippen LogP contribution >= 0.6 is 22.7 Å². The Bertz CT molecular complexity index is 900. The molecule has 2 aromatic heterocycles. The molecule has 2 amide bonds. The first-order valence-electron chi connectivity index (χ1n) is 8.67. The molecule has 3 rings (SSSR count). The first kappa shape index (κ1) is 19.3. The Labute approximate surface area is 166 Å². The number of rotatable bonds is 7. The third-order valence-corrected chi connectivity index (χ3v) is 5.60. The van der Waals surface area contributed by atoms with Gasteiger partial charge in [0, 0.05) is 23.2 Å². The summed E-state index contributed by atoms with van der Waals surface area (Å²) >= 11 is 3.18. The lowest BCUT2D eigenvalue weighted by atomic mass is 10.1. The van der Waals surface area contributed by atoms with Crippen LogP contribution in [-0.2, 0) is 16.0 Å². The van der Waals surface area contributed by atoms with Crippen LogP contribution in [0, 0.1) is 5.92 Å². The van der Waals surface area contributed by atoms with Gasteiger partial charge in [0.25, 0.3) is 0 Å². The molecule has 1 aromatic carbocycles. The average molecular weight is 400 g/mol. The van der Waals surface area contributed by atoms with Crippen molar-refractivity contribution in [3.05, 3.63) is 52.9 Å². The molecule has 0 atom stereocenters. The molecule has 0 aliphatic carbocycles. The van der Waals surface area contributed by atoms with E-state index in [4.69, 9.17) is 0 Å². The van der Waals surface area contributed by atoms with Crippen molar-refractivity contribution in [3.8, 4) is 9.88 Å². The van der Waals surface area contributed by atoms with Crippen LogP contribution in [0.25, 0.3) is 9.88 Å². The van der Waals surface area contributed by atoms with Gasteiger partial charge in [-0.2, -0.15) is 0 Å². The normalized spacial score (nSPS) is 10.8. The number of hydrogen-bond donors (Lipinski definition) is 2. The number of thiazole rings is 1. The molecule has 27 heavy (non-hydrogen) atoms. The predicted octanol–water partition coefficient (Wildman–Crippen LogP) is 5.04. The van der Waals surface area contributed by atoms with E-state index in [0.717, 1.165) is 21.3 Å². The number of benzene rings is 1. The van der Waals surface area contributed by atoms with E-state index in [0.29, 0.717) is 18.0 Å². The number of nitrogens with one attached hydrogen (secondary N) is 2. The van der Waals surface area contributed by atoms with Crippen LogP contribution in [0.1, 0.15) is 26.0 Å². The van der Waals surface area contributed by atoms with Crippen LogP contribution < -0.4 is 10.6 Å². The fraction of sp³-hybridized carbons (Fsp3) is 0.250. The van der Waals surface area contributed by atoms with Gasteiger partial charge < -0.3 is 10.6 Å². The molecule has 0 radical (unpaired) electrons. The van der Waals surface area contributed by atoms with E-state index >= 15 is 0 Å². The standard InChI is InChI=1S/C20H21N3O2S2/c1-13(2)10-18(24)21-14-5-7-15(8-6-14)22-19(25)11-16-12-27-20(23-16)17-4-3-9-26-17/h3-9,12-13H,10-11H2,1-2H3,(H,21,24)(H,22,25). The molecule has 3 aromatic rings. The zero-order chi connectivity index (χ0) is 19.2. The minimum atomic E-state index is -0.116. The van der Waals surface area contributed by atoms with Gasteiger partial charge in [-0.3, -0.25) is 9.59 Å². The summed E-state index contributed by atoms with van der Waals surface area (Å²) in [5, 5.41) is 10.6. The van der Waals surface area contributed by atoms with Crippen molar-refractivity contribution in [2.45, 2.75) is 26.7 Å². The highest BCUT2D eigenvalue weighted by Gasteiger charge is 2.10. The van der Waals surface area contributed by atoms with Gasteiger partial charge >= 0.3 is 0 Å². The molecule has 2 heterocycles. The summed E-state index contributed by atoms with van der Waals surface area (Å²) in [6.45, 7) is 4.01. The highest BCUT2D eigenvalue weighted by atomic mass is 32.1. The quantitative estimate of drug-likeness (QED) is 0.585. The molecule has 0 saturated heterocycles. The second kappa shape index (κ2) is 8.92. The van der Waals surface area contributed by atoms with Gasteiger partial charge in [0.2, 0.25) is 11.8 Å². The van der Waals surface area contributed by atoms with E-state index < -0.39 is 0 Å². The maximum Gasteiger partial charge on any atom is 0.230 e. The Morgan fingerprint density at radius 3 is 2.26 bits per heavy atom. The van der Waals surface area contributed by atoms with Gasteiger partial charge in [-0.05, 0) is 41.6 Å². The number of aromatic nitrogens is 1. The lowest BCUT2D eigenvalue weighted by Gasteiger charge is -2.09. The number of hydrogen-bond acceptors (Lipinski definition) is 5. The summed E-state index contributed by atoms with van der Waals surface area (Å²) in [6, 6.07) is 11.1. The molecule has 0 saturated carbocycles. The molecule has 0 unspecified atom stereocenters. The fourth-order valence-corrected chi connectivity index (χ4v) is 4.12. The highest BCUT2D eigenvalue weighted by molar-refractivity contribution is 7.20. The summed E-state index contributed by atoms with van der Waals surface area (Å²) in [7, 11) is 0. The monoisotopic (exact) mass is 399 g/mol. The van der Waals surface area contributed by atoms with Crippen molar-refractivity contribution >= 4 is 45.9 Å². The van der Waals surface area contributed by atoms with Gasteiger partial charge in [-0.15, -0.1) is 22.7 Å². The summed E-state index contributed by atoms with van der Waals surface area (Å²) < 4.78 is 0. The summed E-state index contributed by atoms with van der Waals surface area (Å²) in [4.78, 5) is 29.7. The van der Waals surface area contributed by atoms with Crippen LogP contribution in [0.3, 0.4) is 0 Å². The van der Waals surface area contributed by atoms with Gasteiger partial charge in [0.05, 0.1) is 17.0 Å². The highest BCUT2D eigenvalue weighted by Crippen LogP contribution is 2.28. The Morgan fingerprint density at radius 1 is 1.00 bits per heavy atom. The third kappa shape index (κ3) is 5.74. The van der Waals surface area contributed by atoms with E-state index in [1.165, 1.54) is 0 Å². The van der Waals surface area contributed by atoms with Crippen LogP contribution in [0.5, 0.6) is 0 Å². The first-order chi connectivity index (χ1) is 13.0. The number of carbonyl (C=O) groups is 2. The Balaban J connectivity index is 1.53. The number of thiophene rings is 1. The number of nitrogens with zero attached hydrogens (tertiary/aromatic N) is 1. The minimum Gasteiger partial charge on any atom is -0.326 e. The van der Waals surface area contributed by atoms with E-state index in [1.807, 2.05) is 36.7 Å². The zero-order valence-corrected chi connectivity index (χ0v) is 16.8. The smallest absolute Gasteiger partial charge is 0.230 e. The molecule has 0 aliphatic heterocycles. The second-order valence-electron chi connectivity index (χ2n) is 6.57. The summed E-state index contributed by atoms with van der Waals surface area (Å²) in [5.74, 6) is 0.191. The van der Waals surface area contributed by atoms with E-state index in [9.17, 15) is 9.59 Å². The number of anilines is 2. The lowest BCUT2D eigenvalue weighted by Crippen LogP contribution is -2.15. The van der Waals surface area contributed by atoms with Gasteiger partial charge in [-0.25, -0.2) is 4.98 Å². The van der Waals surface area contributed by atoms with Crippen molar-refractivity contribution in [1.82, 2.24) is 4.98 Å². The second-order valence-corrected chi connectivity index (χ2v) is 8.38. The molecular weight excluding hydrogens is 378 g/mol. The van der Waals surface area contributed by atoms with Crippen LogP contribution in [-0.4, -0.2) is 16.8 Å². The number of carbonyl (C=O) groups excluding carboxylic acids is 2. The van der Waals surface area contributed by atoms with Crippen LogP contribution in [0.4, 0.5) is 11.4 Å². The van der Waals surface area contributed by atoms with Crippen LogP contribution in [0.15, 0.2) is 47.2 Å². The lowest BCUT2D eigenvalue weighted by molar-refractivity contribution is -0.117. The average Bonchev–Trinajstić information content (AvgIpc) is 3.27. The van der Waals surface area contributed by atoms with E-state index in [2.05, 4.69) is 15.6 Å². The molecule has 0 bridgehead atoms. The Kier molecular flexibility index (Phi) is 6.36. The van der Waals surface area contributed by atoms with Gasteiger partial charge in [0.1, 0.15) is 5.01 Å². The van der Waals surface area contributed by atoms with Gasteiger partial charge in [-0.1, -0.05) is 19.9 Å². The molecule has 7 heteroatoms. The molecule has 140 valence electrons. The summed E-state index contributed by atoms with van der Waals surface area (Å²) in [6.07, 6.45) is 0.717. The minimum absolute atomic E-state index is 0.00753. The molecule has 0 fully saturated rings. The van der Waals surface area contributed by atoms with E-state index in [-0.39, 0.29) is 18.2 Å². The van der Waals surface area contributed by atoms with Crippen molar-refractivity contribution in [2.75, 3.05) is 10.6 Å². The Morgan fingerprint density at radius 2 is 1.67 bits per heavy atom. The summed E-state index contributed by atoms with van der Waals surface area (Å²) in [5.41, 5.74) is 2.17. The molecular formula is C20H21N3O2S2. The van der Waals surface area contributed by atoms with Crippen molar-refractivity contribution in [3.63, 3.8) is 0 Å². The van der Waals surface area contributed by atoms with Crippen molar-refractivity contribution in [2.24, 2.45) is 5.92 Å². The SMILES string of the molecule is CC(C)CC(=O)Nc1ccc(NC(=O)Cc2csc(-c3cccs3)n2)cc1. The first-order valence-corrected chi connectivity index (χ1v) is 10.4. The molecule has 0 aliphatic rings. The largest absolute Gasteiger partial charge is 0.326 e. The molecule has 0 spiro atoms. The molecule has 2 N–H and O–H groups in total. The Hall–Kier alpha value is -2.51. The number of amides is 2. The van der Waals surface area contributed by atoms with E-state index in [1.54, 1.807) is 46.9 Å².